The number of nitrogens with two attached hydrogens (primary N) is 1. The number of benzene rings is 2. The van der Waals surface area contributed by atoms with Gasteiger partial charge in [0.25, 0.3) is 5.91 Å². The van der Waals surface area contributed by atoms with E-state index in [0.29, 0.717) is 0 Å². The molecule has 0 radical (unpaired) electrons. The van der Waals surface area contributed by atoms with Gasteiger partial charge in [-0.1, -0.05) is 19.1 Å². The number of halogens is 4. The van der Waals surface area contributed by atoms with Crippen LogP contribution in [0.2, 0.25) is 0 Å². The Hall–Kier alpha value is -2.61. The standard InChI is InChI=1S/C18H18F4N2O2/c1-2-15(26-16-6-4-3-5-14(16)19)17(25)24-13-8-11(10-23)7-12(9-13)18(20,21)22/h3-9,15H,2,10,23H2,1H3,(H,24,25). The molecule has 0 aliphatic carbocycles. The SMILES string of the molecule is CCC(Oc1ccccc1F)C(=O)Nc1cc(CN)cc(C(F)(F)F)c1. The van der Waals surface area contributed by atoms with Crippen molar-refractivity contribution in [2.75, 3.05) is 5.32 Å². The summed E-state index contributed by atoms with van der Waals surface area (Å²) in [6.45, 7) is 1.53. The van der Waals surface area contributed by atoms with Gasteiger partial charge in [-0.3, -0.25) is 4.79 Å². The molecule has 0 aromatic heterocycles. The first-order valence-electron chi connectivity index (χ1n) is 7.88. The van der Waals surface area contributed by atoms with E-state index in [0.717, 1.165) is 12.1 Å². The molecule has 2 rings (SSSR count). The van der Waals surface area contributed by atoms with Crippen molar-refractivity contribution in [1.82, 2.24) is 0 Å². The van der Waals surface area contributed by atoms with Crippen molar-refractivity contribution in [3.8, 4) is 5.75 Å². The minimum Gasteiger partial charge on any atom is -0.478 e. The number of alkyl halides is 3. The van der Waals surface area contributed by atoms with Crippen molar-refractivity contribution >= 4 is 11.6 Å². The molecule has 2 aromatic rings. The van der Waals surface area contributed by atoms with Crippen LogP contribution in [0.3, 0.4) is 0 Å². The molecule has 0 aliphatic heterocycles. The zero-order chi connectivity index (χ0) is 19.3. The Morgan fingerprint density at radius 1 is 1.23 bits per heavy atom. The molecule has 26 heavy (non-hydrogen) atoms. The average molecular weight is 370 g/mol. The van der Waals surface area contributed by atoms with Crippen LogP contribution in [-0.2, 0) is 17.5 Å². The predicted molar refractivity (Wildman–Crippen MR) is 89.1 cm³/mol. The fraction of sp³-hybridized carbons (Fsp3) is 0.278. The van der Waals surface area contributed by atoms with Crippen LogP contribution in [0.4, 0.5) is 23.2 Å². The van der Waals surface area contributed by atoms with E-state index in [4.69, 9.17) is 10.5 Å². The number of ether oxygens (including phenoxy) is 1. The van der Waals surface area contributed by atoms with Crippen LogP contribution in [-0.4, -0.2) is 12.0 Å². The second-order valence-electron chi connectivity index (χ2n) is 5.55. The van der Waals surface area contributed by atoms with Gasteiger partial charge in [-0.25, -0.2) is 4.39 Å². The number of carbonyl (C=O) groups is 1. The van der Waals surface area contributed by atoms with E-state index >= 15 is 0 Å². The molecule has 0 fully saturated rings. The molecule has 2 aromatic carbocycles. The molecular weight excluding hydrogens is 352 g/mol. The third kappa shape index (κ3) is 4.95. The molecule has 0 bridgehead atoms. The summed E-state index contributed by atoms with van der Waals surface area (Å²) in [7, 11) is 0. The van der Waals surface area contributed by atoms with Gasteiger partial charge in [0.05, 0.1) is 5.56 Å². The van der Waals surface area contributed by atoms with Gasteiger partial charge >= 0.3 is 6.18 Å². The van der Waals surface area contributed by atoms with Gasteiger partial charge in [-0.15, -0.1) is 0 Å². The Balaban J connectivity index is 2.20. The molecule has 0 saturated carbocycles. The molecule has 1 atom stereocenters. The largest absolute Gasteiger partial charge is 0.478 e. The number of amides is 1. The Morgan fingerprint density at radius 3 is 2.50 bits per heavy atom. The number of anilines is 1. The molecule has 8 heteroatoms. The van der Waals surface area contributed by atoms with Gasteiger partial charge < -0.3 is 15.8 Å². The third-order valence-corrected chi connectivity index (χ3v) is 3.59. The number of rotatable bonds is 6. The first-order valence-corrected chi connectivity index (χ1v) is 7.88. The molecule has 1 amide bonds. The van der Waals surface area contributed by atoms with Crippen LogP contribution in [0.15, 0.2) is 42.5 Å². The zero-order valence-corrected chi connectivity index (χ0v) is 13.9. The van der Waals surface area contributed by atoms with Crippen LogP contribution in [0, 0.1) is 5.82 Å². The van der Waals surface area contributed by atoms with Gasteiger partial charge in [-0.05, 0) is 42.3 Å². The molecule has 0 saturated heterocycles. The fourth-order valence-electron chi connectivity index (χ4n) is 2.28. The quantitative estimate of drug-likeness (QED) is 0.753. The number of para-hydroxylation sites is 1. The Bertz CT molecular complexity index is 778. The zero-order valence-electron chi connectivity index (χ0n) is 13.9. The molecule has 0 heterocycles. The van der Waals surface area contributed by atoms with Gasteiger partial charge in [0.2, 0.25) is 0 Å². The summed E-state index contributed by atoms with van der Waals surface area (Å²) >= 11 is 0. The van der Waals surface area contributed by atoms with Gasteiger partial charge in [-0.2, -0.15) is 13.2 Å². The summed E-state index contributed by atoms with van der Waals surface area (Å²) in [5.41, 5.74) is 4.67. The maximum atomic E-state index is 13.7. The summed E-state index contributed by atoms with van der Waals surface area (Å²) in [5, 5.41) is 2.38. The Morgan fingerprint density at radius 2 is 1.92 bits per heavy atom. The molecule has 4 nitrogen and oxygen atoms in total. The maximum Gasteiger partial charge on any atom is 0.416 e. The van der Waals surface area contributed by atoms with E-state index < -0.39 is 29.6 Å². The van der Waals surface area contributed by atoms with E-state index in [9.17, 15) is 22.4 Å². The highest BCUT2D eigenvalue weighted by Crippen LogP contribution is 2.32. The molecule has 0 spiro atoms. The van der Waals surface area contributed by atoms with Crippen molar-refractivity contribution in [1.29, 1.82) is 0 Å². The number of carbonyl (C=O) groups excluding carboxylic acids is 1. The highest BCUT2D eigenvalue weighted by atomic mass is 19.4. The Kier molecular flexibility index (Phi) is 6.20. The lowest BCUT2D eigenvalue weighted by Gasteiger charge is -2.18. The topological polar surface area (TPSA) is 64.3 Å². The van der Waals surface area contributed by atoms with Crippen LogP contribution in [0.25, 0.3) is 0 Å². The van der Waals surface area contributed by atoms with E-state index in [1.54, 1.807) is 13.0 Å². The lowest BCUT2D eigenvalue weighted by atomic mass is 10.1. The van der Waals surface area contributed by atoms with Crippen LogP contribution >= 0.6 is 0 Å². The highest BCUT2D eigenvalue weighted by molar-refractivity contribution is 5.94. The van der Waals surface area contributed by atoms with E-state index in [-0.39, 0.29) is 30.0 Å². The van der Waals surface area contributed by atoms with Gasteiger partial charge in [0.1, 0.15) is 0 Å². The van der Waals surface area contributed by atoms with Crippen LogP contribution < -0.4 is 15.8 Å². The summed E-state index contributed by atoms with van der Waals surface area (Å²) < 4.78 is 57.9. The first kappa shape index (κ1) is 19.7. The summed E-state index contributed by atoms with van der Waals surface area (Å²) in [6, 6.07) is 8.64. The lowest BCUT2D eigenvalue weighted by molar-refractivity contribution is -0.137. The van der Waals surface area contributed by atoms with E-state index in [1.807, 2.05) is 0 Å². The highest BCUT2D eigenvalue weighted by Gasteiger charge is 2.31. The normalized spacial score (nSPS) is 12.5. The first-order chi connectivity index (χ1) is 12.2. The van der Waals surface area contributed by atoms with Crippen molar-refractivity contribution in [2.45, 2.75) is 32.2 Å². The van der Waals surface area contributed by atoms with Crippen LogP contribution in [0.1, 0.15) is 24.5 Å². The molecule has 0 aliphatic rings. The van der Waals surface area contributed by atoms with Crippen LogP contribution in [0.5, 0.6) is 5.75 Å². The predicted octanol–water partition coefficient (Wildman–Crippen LogP) is 4.10. The minimum absolute atomic E-state index is 0.0548. The third-order valence-electron chi connectivity index (χ3n) is 3.59. The Labute approximate surface area is 148 Å². The molecule has 3 N–H and O–H groups in total. The molecule has 1 unspecified atom stereocenters. The smallest absolute Gasteiger partial charge is 0.416 e. The summed E-state index contributed by atoms with van der Waals surface area (Å²) in [4.78, 5) is 12.3. The second-order valence-corrected chi connectivity index (χ2v) is 5.55. The maximum absolute atomic E-state index is 13.7. The molecular formula is C18H18F4N2O2. The van der Waals surface area contributed by atoms with Crippen molar-refractivity contribution in [3.05, 3.63) is 59.4 Å². The van der Waals surface area contributed by atoms with Gasteiger partial charge in [0, 0.05) is 12.2 Å². The van der Waals surface area contributed by atoms with Crippen molar-refractivity contribution in [3.63, 3.8) is 0 Å². The average Bonchev–Trinajstić information content (AvgIpc) is 2.59. The van der Waals surface area contributed by atoms with E-state index in [2.05, 4.69) is 5.32 Å². The minimum atomic E-state index is -4.57. The van der Waals surface area contributed by atoms with Crippen molar-refractivity contribution < 1.29 is 27.1 Å². The monoisotopic (exact) mass is 370 g/mol. The molecule has 140 valence electrons. The number of hydrogen-bond donors (Lipinski definition) is 2. The fourth-order valence-corrected chi connectivity index (χ4v) is 2.28. The number of nitrogens with one attached hydrogen (secondary N) is 1. The number of hydrogen-bond acceptors (Lipinski definition) is 3. The lowest BCUT2D eigenvalue weighted by Crippen LogP contribution is -2.32. The van der Waals surface area contributed by atoms with Gasteiger partial charge in [0.15, 0.2) is 17.7 Å². The second kappa shape index (κ2) is 8.18. The summed E-state index contributed by atoms with van der Waals surface area (Å²) in [5.74, 6) is -1.43. The van der Waals surface area contributed by atoms with Crippen molar-refractivity contribution in [2.24, 2.45) is 5.73 Å². The van der Waals surface area contributed by atoms with E-state index in [1.165, 1.54) is 24.3 Å². The summed E-state index contributed by atoms with van der Waals surface area (Å²) in [6.07, 6.45) is -5.44.